The summed E-state index contributed by atoms with van der Waals surface area (Å²) in [5.41, 5.74) is 3.95. The van der Waals surface area contributed by atoms with Gasteiger partial charge in [-0.2, -0.15) is 9.90 Å². The van der Waals surface area contributed by atoms with Gasteiger partial charge in [-0.15, -0.1) is 5.10 Å². The minimum atomic E-state index is -1.04. The number of carbonyl (C=O) groups is 1. The van der Waals surface area contributed by atoms with Gasteiger partial charge >= 0.3 is 5.97 Å². The number of carboxylic acid groups (broad SMARTS) is 1. The lowest BCUT2D eigenvalue weighted by atomic mass is 10.0. The molecule has 0 radical (unpaired) electrons. The van der Waals surface area contributed by atoms with Gasteiger partial charge in [0.2, 0.25) is 0 Å². The predicted molar refractivity (Wildman–Crippen MR) is 65.4 cm³/mol. The zero-order valence-electron chi connectivity index (χ0n) is 10.1. The van der Waals surface area contributed by atoms with E-state index < -0.39 is 5.97 Å². The molecule has 1 aliphatic rings. The second kappa shape index (κ2) is 3.94. The van der Waals surface area contributed by atoms with Crippen molar-refractivity contribution in [1.29, 1.82) is 0 Å². The quantitative estimate of drug-likeness (QED) is 0.871. The lowest BCUT2D eigenvalue weighted by Gasteiger charge is -2.02. The van der Waals surface area contributed by atoms with E-state index in [0.717, 1.165) is 18.4 Å². The molecule has 0 unspecified atom stereocenters. The summed E-state index contributed by atoms with van der Waals surface area (Å²) in [6, 6.07) is 6.04. The second-order valence-electron chi connectivity index (χ2n) is 4.53. The molecule has 0 saturated heterocycles. The Hall–Kier alpha value is -2.17. The van der Waals surface area contributed by atoms with Crippen molar-refractivity contribution in [3.05, 3.63) is 35.0 Å². The van der Waals surface area contributed by atoms with Gasteiger partial charge in [-0.3, -0.25) is 0 Å². The molecule has 0 aliphatic heterocycles. The third-order valence-electron chi connectivity index (χ3n) is 3.29. The molecule has 5 nitrogen and oxygen atoms in total. The Bertz CT molecular complexity index is 631. The van der Waals surface area contributed by atoms with Crippen molar-refractivity contribution < 1.29 is 9.90 Å². The number of aromatic nitrogens is 3. The lowest BCUT2D eigenvalue weighted by Crippen LogP contribution is -2.00. The molecule has 0 spiro atoms. The molecule has 1 aromatic carbocycles. The van der Waals surface area contributed by atoms with Crippen LogP contribution in [0.25, 0.3) is 11.3 Å². The first kappa shape index (κ1) is 11.0. The van der Waals surface area contributed by atoms with E-state index in [1.54, 1.807) is 7.05 Å². The van der Waals surface area contributed by atoms with Gasteiger partial charge in [-0.05, 0) is 36.5 Å². The SMILES string of the molecule is Cn1nc(C(=O)O)c(-c2ccc3c(c2)CCC3)n1. The van der Waals surface area contributed by atoms with Gasteiger partial charge in [0.25, 0.3) is 0 Å². The van der Waals surface area contributed by atoms with Gasteiger partial charge in [0.15, 0.2) is 5.69 Å². The van der Waals surface area contributed by atoms with Crippen molar-refractivity contribution in [2.75, 3.05) is 0 Å². The fourth-order valence-electron chi connectivity index (χ4n) is 2.46. The van der Waals surface area contributed by atoms with Gasteiger partial charge in [0.05, 0.1) is 0 Å². The van der Waals surface area contributed by atoms with Crippen molar-refractivity contribution >= 4 is 5.97 Å². The first-order valence-corrected chi connectivity index (χ1v) is 5.92. The van der Waals surface area contributed by atoms with Crippen molar-refractivity contribution in [1.82, 2.24) is 15.0 Å². The molecule has 0 saturated carbocycles. The number of benzene rings is 1. The third kappa shape index (κ3) is 1.68. The van der Waals surface area contributed by atoms with E-state index in [0.29, 0.717) is 5.69 Å². The van der Waals surface area contributed by atoms with Gasteiger partial charge in [-0.25, -0.2) is 4.79 Å². The maximum atomic E-state index is 11.1. The molecule has 3 rings (SSSR count). The summed E-state index contributed by atoms with van der Waals surface area (Å²) in [5, 5.41) is 17.2. The Balaban J connectivity index is 2.12. The smallest absolute Gasteiger partial charge is 0.358 e. The van der Waals surface area contributed by atoms with Crippen molar-refractivity contribution in [3.63, 3.8) is 0 Å². The lowest BCUT2D eigenvalue weighted by molar-refractivity contribution is 0.0690. The number of rotatable bonds is 2. The maximum absolute atomic E-state index is 11.1. The molecule has 0 atom stereocenters. The number of aryl methyl sites for hydroxylation is 3. The minimum absolute atomic E-state index is 0.00967. The monoisotopic (exact) mass is 243 g/mol. The van der Waals surface area contributed by atoms with E-state index in [-0.39, 0.29) is 5.69 Å². The van der Waals surface area contributed by atoms with Gasteiger partial charge < -0.3 is 5.11 Å². The molecule has 0 amide bonds. The van der Waals surface area contributed by atoms with E-state index in [2.05, 4.69) is 16.3 Å². The standard InChI is InChI=1S/C13H13N3O2/c1-16-14-11(12(15-16)13(17)18)10-6-5-8-3-2-4-9(8)7-10/h5-7H,2-4H2,1H3,(H,17,18). The van der Waals surface area contributed by atoms with Crippen LogP contribution in [0.3, 0.4) is 0 Å². The third-order valence-corrected chi connectivity index (χ3v) is 3.29. The van der Waals surface area contributed by atoms with Crippen LogP contribution in [0, 0.1) is 0 Å². The summed E-state index contributed by atoms with van der Waals surface area (Å²) in [6.07, 6.45) is 3.35. The van der Waals surface area contributed by atoms with Crippen LogP contribution in [0.15, 0.2) is 18.2 Å². The number of aromatic carboxylic acids is 1. The van der Waals surface area contributed by atoms with Crippen LogP contribution in [0.4, 0.5) is 0 Å². The molecule has 2 aromatic rings. The van der Waals surface area contributed by atoms with E-state index in [1.165, 1.54) is 22.3 Å². The Morgan fingerprint density at radius 3 is 2.83 bits per heavy atom. The van der Waals surface area contributed by atoms with E-state index >= 15 is 0 Å². The number of hydrogen-bond donors (Lipinski definition) is 1. The zero-order valence-corrected chi connectivity index (χ0v) is 10.1. The highest BCUT2D eigenvalue weighted by atomic mass is 16.4. The minimum Gasteiger partial charge on any atom is -0.476 e. The summed E-state index contributed by atoms with van der Waals surface area (Å²) in [6.45, 7) is 0. The summed E-state index contributed by atoms with van der Waals surface area (Å²) in [4.78, 5) is 12.4. The van der Waals surface area contributed by atoms with Crippen LogP contribution in [-0.4, -0.2) is 26.1 Å². The maximum Gasteiger partial charge on any atom is 0.358 e. The normalized spacial score (nSPS) is 13.6. The summed E-state index contributed by atoms with van der Waals surface area (Å²) in [5.74, 6) is -1.04. The molecule has 1 aromatic heterocycles. The largest absolute Gasteiger partial charge is 0.476 e. The first-order valence-electron chi connectivity index (χ1n) is 5.92. The Morgan fingerprint density at radius 1 is 1.28 bits per heavy atom. The van der Waals surface area contributed by atoms with Crippen molar-refractivity contribution in [2.24, 2.45) is 7.05 Å². The van der Waals surface area contributed by atoms with Crippen LogP contribution in [-0.2, 0) is 19.9 Å². The van der Waals surface area contributed by atoms with E-state index in [9.17, 15) is 4.79 Å². The number of carboxylic acids is 1. The van der Waals surface area contributed by atoms with E-state index in [1.807, 2.05) is 12.1 Å². The summed E-state index contributed by atoms with van der Waals surface area (Å²) < 4.78 is 0. The van der Waals surface area contributed by atoms with Crippen LogP contribution >= 0.6 is 0 Å². The van der Waals surface area contributed by atoms with Gasteiger partial charge in [-0.1, -0.05) is 12.1 Å². The Kier molecular flexibility index (Phi) is 2.40. The predicted octanol–water partition coefficient (Wildman–Crippen LogP) is 1.67. The molecule has 0 fully saturated rings. The highest BCUT2D eigenvalue weighted by Crippen LogP contribution is 2.28. The molecular weight excluding hydrogens is 230 g/mol. The van der Waals surface area contributed by atoms with Crippen LogP contribution in [0.1, 0.15) is 28.0 Å². The summed E-state index contributed by atoms with van der Waals surface area (Å²) in [7, 11) is 1.63. The van der Waals surface area contributed by atoms with Gasteiger partial charge in [0, 0.05) is 12.6 Å². The molecule has 0 bridgehead atoms. The highest BCUT2D eigenvalue weighted by Gasteiger charge is 2.20. The van der Waals surface area contributed by atoms with E-state index in [4.69, 9.17) is 5.11 Å². The Morgan fingerprint density at radius 2 is 2.06 bits per heavy atom. The van der Waals surface area contributed by atoms with Crippen LogP contribution in [0.5, 0.6) is 0 Å². The van der Waals surface area contributed by atoms with Crippen LogP contribution < -0.4 is 0 Å². The molecule has 1 N–H and O–H groups in total. The average molecular weight is 243 g/mol. The highest BCUT2D eigenvalue weighted by molar-refractivity contribution is 5.92. The molecule has 5 heteroatoms. The van der Waals surface area contributed by atoms with Crippen molar-refractivity contribution in [3.8, 4) is 11.3 Å². The fourth-order valence-corrected chi connectivity index (χ4v) is 2.46. The topological polar surface area (TPSA) is 68.0 Å². The van der Waals surface area contributed by atoms with Gasteiger partial charge in [0.1, 0.15) is 5.69 Å². The van der Waals surface area contributed by atoms with Crippen LogP contribution in [0.2, 0.25) is 0 Å². The fraction of sp³-hybridized carbons (Fsp3) is 0.308. The van der Waals surface area contributed by atoms with Crippen molar-refractivity contribution in [2.45, 2.75) is 19.3 Å². The number of fused-ring (bicyclic) bond motifs is 1. The molecule has 92 valence electrons. The Labute approximate surface area is 104 Å². The zero-order chi connectivity index (χ0) is 12.7. The molecule has 1 aliphatic carbocycles. The second-order valence-corrected chi connectivity index (χ2v) is 4.53. The molecule has 1 heterocycles. The summed E-state index contributed by atoms with van der Waals surface area (Å²) >= 11 is 0. The molecule has 18 heavy (non-hydrogen) atoms. The number of hydrogen-bond acceptors (Lipinski definition) is 3. The number of nitrogens with zero attached hydrogens (tertiary/aromatic N) is 3. The first-order chi connectivity index (χ1) is 8.65. The average Bonchev–Trinajstić information content (AvgIpc) is 2.93. The molecular formula is C13H13N3O2.